The smallest absolute Gasteiger partial charge is 0.251 e. The minimum atomic E-state index is -3.70. The quantitative estimate of drug-likeness (QED) is 0.809. The molecule has 0 spiro atoms. The number of amides is 1. The molecule has 0 radical (unpaired) electrons. The number of nitrogens with one attached hydrogen (secondary N) is 2. The SMILES string of the molecule is CCCNC(=O)c1ccc(C)c(S(=O)(=O)NCc2ccccc2)c1. The summed E-state index contributed by atoms with van der Waals surface area (Å²) in [4.78, 5) is 12.2. The first kappa shape index (κ1) is 18.2. The van der Waals surface area contributed by atoms with Gasteiger partial charge in [0.2, 0.25) is 10.0 Å². The summed E-state index contributed by atoms with van der Waals surface area (Å²) in [5.74, 6) is -0.267. The van der Waals surface area contributed by atoms with E-state index in [1.165, 1.54) is 6.07 Å². The molecule has 0 unspecified atom stereocenters. The molecule has 0 saturated carbocycles. The highest BCUT2D eigenvalue weighted by Gasteiger charge is 2.18. The van der Waals surface area contributed by atoms with Crippen molar-refractivity contribution < 1.29 is 13.2 Å². The van der Waals surface area contributed by atoms with Gasteiger partial charge in [0.15, 0.2) is 0 Å². The molecule has 0 aromatic heterocycles. The highest BCUT2D eigenvalue weighted by atomic mass is 32.2. The maximum Gasteiger partial charge on any atom is 0.251 e. The number of aryl methyl sites for hydroxylation is 1. The predicted molar refractivity (Wildman–Crippen MR) is 94.3 cm³/mol. The fourth-order valence-corrected chi connectivity index (χ4v) is 3.51. The lowest BCUT2D eigenvalue weighted by atomic mass is 10.1. The zero-order valence-corrected chi connectivity index (χ0v) is 14.7. The third-order valence-corrected chi connectivity index (χ3v) is 5.13. The van der Waals surface area contributed by atoms with Gasteiger partial charge in [0, 0.05) is 18.7 Å². The van der Waals surface area contributed by atoms with Gasteiger partial charge in [-0.2, -0.15) is 0 Å². The molecule has 6 heteroatoms. The Hall–Kier alpha value is -2.18. The van der Waals surface area contributed by atoms with E-state index in [0.29, 0.717) is 17.7 Å². The van der Waals surface area contributed by atoms with Gasteiger partial charge in [0.1, 0.15) is 0 Å². The number of hydrogen-bond donors (Lipinski definition) is 2. The third-order valence-electron chi connectivity index (χ3n) is 3.58. The molecule has 2 rings (SSSR count). The van der Waals surface area contributed by atoms with Gasteiger partial charge in [0.25, 0.3) is 5.91 Å². The predicted octanol–water partition coefficient (Wildman–Crippen LogP) is 2.61. The van der Waals surface area contributed by atoms with Crippen LogP contribution in [0.25, 0.3) is 0 Å². The van der Waals surface area contributed by atoms with Crippen molar-refractivity contribution in [2.24, 2.45) is 0 Å². The van der Waals surface area contributed by atoms with Crippen LogP contribution >= 0.6 is 0 Å². The maximum absolute atomic E-state index is 12.6. The molecule has 24 heavy (non-hydrogen) atoms. The summed E-state index contributed by atoms with van der Waals surface area (Å²) in [5.41, 5.74) is 1.81. The van der Waals surface area contributed by atoms with Crippen LogP contribution in [0.4, 0.5) is 0 Å². The van der Waals surface area contributed by atoms with Crippen LogP contribution in [0.5, 0.6) is 0 Å². The van der Waals surface area contributed by atoms with Gasteiger partial charge in [-0.25, -0.2) is 13.1 Å². The van der Waals surface area contributed by atoms with Gasteiger partial charge < -0.3 is 5.32 Å². The Morgan fingerprint density at radius 1 is 1.08 bits per heavy atom. The molecule has 1 amide bonds. The first-order valence-corrected chi connectivity index (χ1v) is 9.35. The van der Waals surface area contributed by atoms with Crippen LogP contribution in [-0.4, -0.2) is 20.9 Å². The molecule has 0 atom stereocenters. The zero-order valence-electron chi connectivity index (χ0n) is 13.9. The monoisotopic (exact) mass is 346 g/mol. The van der Waals surface area contributed by atoms with E-state index < -0.39 is 10.0 Å². The second-order valence-electron chi connectivity index (χ2n) is 5.55. The molecule has 0 bridgehead atoms. The van der Waals surface area contributed by atoms with Crippen molar-refractivity contribution in [1.82, 2.24) is 10.0 Å². The molecule has 0 fully saturated rings. The van der Waals surface area contributed by atoms with Gasteiger partial charge >= 0.3 is 0 Å². The summed E-state index contributed by atoms with van der Waals surface area (Å²) in [6.07, 6.45) is 0.821. The number of hydrogen-bond acceptors (Lipinski definition) is 3. The van der Waals surface area contributed by atoms with Crippen molar-refractivity contribution >= 4 is 15.9 Å². The van der Waals surface area contributed by atoms with Crippen molar-refractivity contribution in [2.45, 2.75) is 31.7 Å². The lowest BCUT2D eigenvalue weighted by Crippen LogP contribution is -2.26. The lowest BCUT2D eigenvalue weighted by molar-refractivity contribution is 0.0953. The molecule has 0 aliphatic carbocycles. The van der Waals surface area contributed by atoms with Gasteiger partial charge in [-0.1, -0.05) is 43.3 Å². The summed E-state index contributed by atoms with van der Waals surface area (Å²) in [7, 11) is -3.70. The Balaban J connectivity index is 2.21. The summed E-state index contributed by atoms with van der Waals surface area (Å²) in [6, 6.07) is 14.0. The van der Waals surface area contributed by atoms with Crippen LogP contribution in [0.2, 0.25) is 0 Å². The molecule has 5 nitrogen and oxygen atoms in total. The minimum Gasteiger partial charge on any atom is -0.352 e. The van der Waals surface area contributed by atoms with Crippen LogP contribution < -0.4 is 10.0 Å². The second kappa shape index (κ2) is 8.08. The largest absolute Gasteiger partial charge is 0.352 e. The third kappa shape index (κ3) is 4.66. The highest BCUT2D eigenvalue weighted by Crippen LogP contribution is 2.17. The second-order valence-corrected chi connectivity index (χ2v) is 7.28. The van der Waals surface area contributed by atoms with Crippen molar-refractivity contribution in [1.29, 1.82) is 0 Å². The molecule has 0 aliphatic rings. The molecule has 2 aromatic carbocycles. The van der Waals surface area contributed by atoms with Gasteiger partial charge in [0.05, 0.1) is 4.90 Å². The highest BCUT2D eigenvalue weighted by molar-refractivity contribution is 7.89. The number of carbonyl (C=O) groups is 1. The lowest BCUT2D eigenvalue weighted by Gasteiger charge is -2.11. The number of rotatable bonds is 7. The number of benzene rings is 2. The average Bonchev–Trinajstić information content (AvgIpc) is 2.59. The fourth-order valence-electron chi connectivity index (χ4n) is 2.22. The van der Waals surface area contributed by atoms with E-state index in [-0.39, 0.29) is 17.3 Å². The van der Waals surface area contributed by atoms with Gasteiger partial charge in [-0.05, 0) is 36.6 Å². The summed E-state index contributed by atoms with van der Waals surface area (Å²) < 4.78 is 27.7. The first-order chi connectivity index (χ1) is 11.4. The van der Waals surface area contributed by atoms with E-state index in [9.17, 15) is 13.2 Å². The topological polar surface area (TPSA) is 75.3 Å². The Kier molecular flexibility index (Phi) is 6.11. The van der Waals surface area contributed by atoms with Crippen LogP contribution in [0.3, 0.4) is 0 Å². The molecule has 128 valence electrons. The molecule has 0 saturated heterocycles. The zero-order chi connectivity index (χ0) is 17.6. The van der Waals surface area contributed by atoms with Gasteiger partial charge in [-0.3, -0.25) is 4.79 Å². The van der Waals surface area contributed by atoms with E-state index in [1.54, 1.807) is 19.1 Å². The van der Waals surface area contributed by atoms with Crippen LogP contribution in [-0.2, 0) is 16.6 Å². The Bertz CT molecular complexity index is 802. The summed E-state index contributed by atoms with van der Waals surface area (Å²) in [6.45, 7) is 4.43. The average molecular weight is 346 g/mol. The van der Waals surface area contributed by atoms with E-state index in [0.717, 1.165) is 12.0 Å². The number of carbonyl (C=O) groups excluding carboxylic acids is 1. The Morgan fingerprint density at radius 2 is 1.79 bits per heavy atom. The van der Waals surface area contributed by atoms with E-state index in [1.807, 2.05) is 37.3 Å². The van der Waals surface area contributed by atoms with E-state index in [4.69, 9.17) is 0 Å². The molecule has 2 N–H and O–H groups in total. The van der Waals surface area contributed by atoms with Crippen molar-refractivity contribution in [3.63, 3.8) is 0 Å². The van der Waals surface area contributed by atoms with Crippen LogP contribution in [0.1, 0.15) is 34.8 Å². The molecule has 0 aliphatic heterocycles. The maximum atomic E-state index is 12.6. The van der Waals surface area contributed by atoms with E-state index >= 15 is 0 Å². The Morgan fingerprint density at radius 3 is 2.46 bits per heavy atom. The van der Waals surface area contributed by atoms with Crippen molar-refractivity contribution in [3.8, 4) is 0 Å². The normalized spacial score (nSPS) is 11.2. The fraction of sp³-hybridized carbons (Fsp3) is 0.278. The summed E-state index contributed by atoms with van der Waals surface area (Å²) in [5, 5.41) is 2.75. The Labute approximate surface area is 143 Å². The van der Waals surface area contributed by atoms with Gasteiger partial charge in [-0.15, -0.1) is 0 Å². The van der Waals surface area contributed by atoms with Crippen molar-refractivity contribution in [2.75, 3.05) is 6.54 Å². The first-order valence-electron chi connectivity index (χ1n) is 7.86. The standard InChI is InChI=1S/C18H22N2O3S/c1-3-11-19-18(21)16-10-9-14(2)17(12-16)24(22,23)20-13-15-7-5-4-6-8-15/h4-10,12,20H,3,11,13H2,1-2H3,(H,19,21). The molecule has 2 aromatic rings. The van der Waals surface area contributed by atoms with Crippen LogP contribution in [0, 0.1) is 6.92 Å². The number of sulfonamides is 1. The van der Waals surface area contributed by atoms with Crippen LogP contribution in [0.15, 0.2) is 53.4 Å². The summed E-state index contributed by atoms with van der Waals surface area (Å²) >= 11 is 0. The van der Waals surface area contributed by atoms with Crippen molar-refractivity contribution in [3.05, 3.63) is 65.2 Å². The minimum absolute atomic E-state index is 0.127. The molecular formula is C18H22N2O3S. The van der Waals surface area contributed by atoms with E-state index in [2.05, 4.69) is 10.0 Å². The molecular weight excluding hydrogens is 324 g/mol. The molecule has 0 heterocycles.